The molecular weight excluding hydrogens is 270 g/mol. The topological polar surface area (TPSA) is 61.0 Å². The van der Waals surface area contributed by atoms with E-state index in [0.717, 1.165) is 28.3 Å². The van der Waals surface area contributed by atoms with Gasteiger partial charge in [0.2, 0.25) is 0 Å². The Morgan fingerprint density at radius 2 is 1.80 bits per heavy atom. The van der Waals surface area contributed by atoms with Crippen molar-refractivity contribution >= 4 is 11.5 Å². The summed E-state index contributed by atoms with van der Waals surface area (Å²) in [4.78, 5) is 4.46. The van der Waals surface area contributed by atoms with E-state index in [4.69, 9.17) is 10.5 Å². The summed E-state index contributed by atoms with van der Waals surface area (Å²) in [5.74, 6) is 1.66. The number of aromatic nitrogens is 2. The van der Waals surface area contributed by atoms with Crippen molar-refractivity contribution in [2.75, 3.05) is 0 Å². The van der Waals surface area contributed by atoms with E-state index in [0.29, 0.717) is 11.7 Å². The average Bonchev–Trinajstić information content (AvgIpc) is 2.82. The Balaban J connectivity index is 2.29. The van der Waals surface area contributed by atoms with Crippen LogP contribution in [0.25, 0.3) is 0 Å². The van der Waals surface area contributed by atoms with Crippen LogP contribution < -0.4 is 10.5 Å². The highest BCUT2D eigenvalue weighted by atomic mass is 32.1. The van der Waals surface area contributed by atoms with Crippen molar-refractivity contribution in [1.82, 2.24) is 9.36 Å². The molecule has 0 fully saturated rings. The summed E-state index contributed by atoms with van der Waals surface area (Å²) in [6.07, 6.45) is 0. The quantitative estimate of drug-likeness (QED) is 0.936. The molecular formula is C15H21N3OS. The Morgan fingerprint density at radius 3 is 2.25 bits per heavy atom. The molecule has 2 aromatic rings. The van der Waals surface area contributed by atoms with Crippen LogP contribution in [0.1, 0.15) is 43.3 Å². The smallest absolute Gasteiger partial charge is 0.298 e. The van der Waals surface area contributed by atoms with E-state index in [1.807, 2.05) is 26.0 Å². The van der Waals surface area contributed by atoms with Crippen molar-refractivity contribution in [3.63, 3.8) is 0 Å². The highest BCUT2D eigenvalue weighted by molar-refractivity contribution is 7.07. The maximum atomic E-state index is 5.92. The zero-order valence-electron chi connectivity index (χ0n) is 12.7. The molecule has 0 bridgehead atoms. The summed E-state index contributed by atoms with van der Waals surface area (Å²) < 4.78 is 10.3. The highest BCUT2D eigenvalue weighted by Gasteiger charge is 2.20. The summed E-state index contributed by atoms with van der Waals surface area (Å²) >= 11 is 1.29. The van der Waals surface area contributed by atoms with E-state index >= 15 is 0 Å². The minimum absolute atomic E-state index is 0.0639. The Morgan fingerprint density at radius 1 is 1.20 bits per heavy atom. The van der Waals surface area contributed by atoms with Crippen LogP contribution in [0.3, 0.4) is 0 Å². The minimum Gasteiger partial charge on any atom is -0.429 e. The second-order valence-corrected chi connectivity index (χ2v) is 6.71. The molecule has 0 saturated heterocycles. The van der Waals surface area contributed by atoms with Gasteiger partial charge in [0.1, 0.15) is 5.75 Å². The Labute approximate surface area is 124 Å². The molecule has 0 aliphatic rings. The molecule has 0 aliphatic carbocycles. The standard InChI is InChI=1S/C15H21N3OS/c1-9-6-11(8-16)7-10(2)12(9)19-14-17-13(18-20-14)15(3,4)5/h6-7H,8,16H2,1-5H3. The first kappa shape index (κ1) is 14.9. The van der Waals surface area contributed by atoms with E-state index in [-0.39, 0.29) is 5.41 Å². The lowest BCUT2D eigenvalue weighted by molar-refractivity contribution is 0.461. The summed E-state index contributed by atoms with van der Waals surface area (Å²) in [6, 6.07) is 4.10. The number of nitrogens with zero attached hydrogens (tertiary/aromatic N) is 2. The van der Waals surface area contributed by atoms with Gasteiger partial charge in [-0.1, -0.05) is 32.9 Å². The summed E-state index contributed by atoms with van der Waals surface area (Å²) in [7, 11) is 0. The first-order chi connectivity index (χ1) is 9.31. The van der Waals surface area contributed by atoms with Crippen LogP contribution in [0.5, 0.6) is 10.9 Å². The van der Waals surface area contributed by atoms with E-state index < -0.39 is 0 Å². The van der Waals surface area contributed by atoms with Gasteiger partial charge in [0.15, 0.2) is 5.82 Å². The van der Waals surface area contributed by atoms with Crippen LogP contribution in [0.15, 0.2) is 12.1 Å². The third kappa shape index (κ3) is 3.16. The van der Waals surface area contributed by atoms with Crippen molar-refractivity contribution in [1.29, 1.82) is 0 Å². The maximum Gasteiger partial charge on any atom is 0.298 e. The van der Waals surface area contributed by atoms with E-state index in [2.05, 4.69) is 30.1 Å². The lowest BCUT2D eigenvalue weighted by atomic mass is 9.96. The molecule has 0 aliphatic heterocycles. The van der Waals surface area contributed by atoms with Gasteiger partial charge in [-0.25, -0.2) is 0 Å². The van der Waals surface area contributed by atoms with Crippen molar-refractivity contribution in [3.05, 3.63) is 34.6 Å². The molecule has 5 heteroatoms. The molecule has 0 atom stereocenters. The molecule has 2 N–H and O–H groups in total. The number of aryl methyl sites for hydroxylation is 2. The predicted octanol–water partition coefficient (Wildman–Crippen LogP) is 3.70. The molecule has 0 unspecified atom stereocenters. The van der Waals surface area contributed by atoms with Gasteiger partial charge >= 0.3 is 0 Å². The fraction of sp³-hybridized carbons (Fsp3) is 0.467. The largest absolute Gasteiger partial charge is 0.429 e. The molecule has 0 radical (unpaired) electrons. The van der Waals surface area contributed by atoms with E-state index in [1.165, 1.54) is 11.5 Å². The first-order valence-corrected chi connectivity index (χ1v) is 7.41. The average molecular weight is 291 g/mol. The molecule has 108 valence electrons. The van der Waals surface area contributed by atoms with Crippen molar-refractivity contribution in [2.45, 2.75) is 46.6 Å². The third-order valence-corrected chi connectivity index (χ3v) is 3.62. The van der Waals surface area contributed by atoms with Gasteiger partial charge in [-0.3, -0.25) is 0 Å². The zero-order chi connectivity index (χ0) is 14.9. The third-order valence-electron chi connectivity index (χ3n) is 3.02. The van der Waals surface area contributed by atoms with Crippen molar-refractivity contribution in [3.8, 4) is 10.9 Å². The highest BCUT2D eigenvalue weighted by Crippen LogP contribution is 2.32. The van der Waals surface area contributed by atoms with Crippen LogP contribution in [0.4, 0.5) is 0 Å². The Hall–Kier alpha value is -1.46. The number of hydrogen-bond donors (Lipinski definition) is 1. The number of nitrogens with two attached hydrogens (primary N) is 1. The number of hydrogen-bond acceptors (Lipinski definition) is 5. The molecule has 20 heavy (non-hydrogen) atoms. The number of ether oxygens (including phenoxy) is 1. The van der Waals surface area contributed by atoms with Gasteiger partial charge in [0.05, 0.1) is 0 Å². The van der Waals surface area contributed by atoms with Gasteiger partial charge in [0.25, 0.3) is 5.19 Å². The number of rotatable bonds is 3. The maximum absolute atomic E-state index is 5.92. The van der Waals surface area contributed by atoms with Crippen LogP contribution in [0, 0.1) is 13.8 Å². The lowest BCUT2D eigenvalue weighted by Gasteiger charge is -2.13. The monoisotopic (exact) mass is 291 g/mol. The van der Waals surface area contributed by atoms with Gasteiger partial charge in [-0.15, -0.1) is 0 Å². The van der Waals surface area contributed by atoms with Crippen LogP contribution in [-0.2, 0) is 12.0 Å². The number of benzene rings is 1. The Kier molecular flexibility index (Phi) is 4.11. The fourth-order valence-electron chi connectivity index (χ4n) is 1.96. The second-order valence-electron chi connectivity index (χ2n) is 6.00. The molecule has 1 aromatic heterocycles. The lowest BCUT2D eigenvalue weighted by Crippen LogP contribution is -2.13. The predicted molar refractivity (Wildman–Crippen MR) is 82.5 cm³/mol. The van der Waals surface area contributed by atoms with Crippen molar-refractivity contribution in [2.24, 2.45) is 5.73 Å². The van der Waals surface area contributed by atoms with Crippen molar-refractivity contribution < 1.29 is 4.74 Å². The van der Waals surface area contributed by atoms with Crippen LogP contribution >= 0.6 is 11.5 Å². The van der Waals surface area contributed by atoms with E-state index in [9.17, 15) is 0 Å². The second kappa shape index (κ2) is 5.50. The summed E-state index contributed by atoms with van der Waals surface area (Å²) in [5.41, 5.74) is 8.86. The molecule has 0 spiro atoms. The molecule has 1 aromatic carbocycles. The van der Waals surface area contributed by atoms with Gasteiger partial charge < -0.3 is 10.5 Å². The molecule has 2 rings (SSSR count). The molecule has 1 heterocycles. The first-order valence-electron chi connectivity index (χ1n) is 6.63. The molecule has 0 saturated carbocycles. The van der Waals surface area contributed by atoms with Crippen LogP contribution in [0.2, 0.25) is 0 Å². The molecule has 4 nitrogen and oxygen atoms in total. The fourth-order valence-corrected chi connectivity index (χ4v) is 2.69. The van der Waals surface area contributed by atoms with Gasteiger partial charge in [-0.05, 0) is 30.5 Å². The normalized spacial score (nSPS) is 11.7. The Bertz CT molecular complexity index is 591. The summed E-state index contributed by atoms with van der Waals surface area (Å²) in [6.45, 7) is 10.8. The minimum atomic E-state index is -0.0639. The molecule has 0 amide bonds. The van der Waals surface area contributed by atoms with Gasteiger partial charge in [0, 0.05) is 23.5 Å². The summed E-state index contributed by atoms with van der Waals surface area (Å²) in [5, 5.41) is 0.585. The van der Waals surface area contributed by atoms with E-state index in [1.54, 1.807) is 0 Å². The van der Waals surface area contributed by atoms with Crippen LogP contribution in [-0.4, -0.2) is 9.36 Å². The SMILES string of the molecule is Cc1cc(CN)cc(C)c1Oc1nc(C(C)(C)C)ns1. The zero-order valence-corrected chi connectivity index (χ0v) is 13.5. The van der Waals surface area contributed by atoms with Gasteiger partial charge in [-0.2, -0.15) is 9.36 Å².